The summed E-state index contributed by atoms with van der Waals surface area (Å²) in [6.07, 6.45) is 8.06. The highest BCUT2D eigenvalue weighted by Gasteiger charge is 2.43. The molecule has 2 saturated carbocycles. The second-order valence-electron chi connectivity index (χ2n) is 5.24. The van der Waals surface area contributed by atoms with Crippen LogP contribution < -0.4 is 0 Å². The van der Waals surface area contributed by atoms with Crippen LogP contribution in [0.25, 0.3) is 0 Å². The standard InChI is InChI=1S/C12H19NOS/c13-8-7-12(5-6-12)10-15(14)9-11-3-1-2-4-11/h11H,1-7,9-10H2. The van der Waals surface area contributed by atoms with E-state index in [4.69, 9.17) is 5.26 Å². The van der Waals surface area contributed by atoms with Crippen LogP contribution in [0.1, 0.15) is 44.9 Å². The fourth-order valence-electron chi connectivity index (χ4n) is 2.56. The largest absolute Gasteiger partial charge is 0.260 e. The lowest BCUT2D eigenvalue weighted by Gasteiger charge is -2.13. The molecule has 0 amide bonds. The molecule has 0 saturated heterocycles. The molecule has 3 heteroatoms. The number of hydrogen-bond acceptors (Lipinski definition) is 2. The zero-order valence-corrected chi connectivity index (χ0v) is 10.0. The van der Waals surface area contributed by atoms with Gasteiger partial charge in [0.1, 0.15) is 0 Å². The number of rotatable bonds is 5. The summed E-state index contributed by atoms with van der Waals surface area (Å²) in [5.74, 6) is 2.40. The minimum atomic E-state index is -0.669. The predicted octanol–water partition coefficient (Wildman–Crippen LogP) is 2.62. The van der Waals surface area contributed by atoms with Gasteiger partial charge in [-0.1, -0.05) is 12.8 Å². The summed E-state index contributed by atoms with van der Waals surface area (Å²) in [7, 11) is -0.669. The first-order chi connectivity index (χ1) is 7.24. The molecule has 0 spiro atoms. The smallest absolute Gasteiger partial charge is 0.0627 e. The maximum Gasteiger partial charge on any atom is 0.0627 e. The summed E-state index contributed by atoms with van der Waals surface area (Å²) >= 11 is 0. The van der Waals surface area contributed by atoms with Crippen LogP contribution in [0.2, 0.25) is 0 Å². The van der Waals surface area contributed by atoms with Crippen LogP contribution in [0.15, 0.2) is 0 Å². The zero-order chi connectivity index (χ0) is 10.7. The lowest BCUT2D eigenvalue weighted by molar-refractivity contribution is 0.571. The van der Waals surface area contributed by atoms with Crippen LogP contribution in [0.5, 0.6) is 0 Å². The Balaban J connectivity index is 1.75. The van der Waals surface area contributed by atoms with Gasteiger partial charge in [0, 0.05) is 28.7 Å². The maximum atomic E-state index is 11.9. The van der Waals surface area contributed by atoms with Crippen LogP contribution in [-0.2, 0) is 10.8 Å². The van der Waals surface area contributed by atoms with Crippen molar-refractivity contribution < 1.29 is 4.21 Å². The van der Waals surface area contributed by atoms with Crippen LogP contribution in [0.3, 0.4) is 0 Å². The molecule has 0 aliphatic heterocycles. The van der Waals surface area contributed by atoms with E-state index in [0.29, 0.717) is 12.3 Å². The Bertz CT molecular complexity index is 284. The third-order valence-electron chi connectivity index (χ3n) is 3.77. The minimum absolute atomic E-state index is 0.165. The Kier molecular flexibility index (Phi) is 3.45. The average Bonchev–Trinajstić information content (AvgIpc) is 2.75. The van der Waals surface area contributed by atoms with Crippen molar-refractivity contribution >= 4 is 10.8 Å². The van der Waals surface area contributed by atoms with Gasteiger partial charge in [-0.05, 0) is 37.0 Å². The average molecular weight is 225 g/mol. The molecule has 84 valence electrons. The van der Waals surface area contributed by atoms with E-state index < -0.39 is 10.8 Å². The first kappa shape index (κ1) is 11.1. The fourth-order valence-corrected chi connectivity index (χ4v) is 4.61. The zero-order valence-electron chi connectivity index (χ0n) is 9.21. The molecule has 0 aromatic carbocycles. The molecular formula is C12H19NOS. The highest BCUT2D eigenvalue weighted by molar-refractivity contribution is 7.85. The van der Waals surface area contributed by atoms with Crippen LogP contribution in [0.4, 0.5) is 0 Å². The summed E-state index contributed by atoms with van der Waals surface area (Å²) in [6, 6.07) is 2.24. The molecule has 2 fully saturated rings. The fraction of sp³-hybridized carbons (Fsp3) is 0.917. The van der Waals surface area contributed by atoms with Crippen molar-refractivity contribution in [1.82, 2.24) is 0 Å². The van der Waals surface area contributed by atoms with E-state index in [1.165, 1.54) is 25.7 Å². The van der Waals surface area contributed by atoms with Crippen molar-refractivity contribution in [2.45, 2.75) is 44.9 Å². The summed E-state index contributed by atoms with van der Waals surface area (Å²) in [5.41, 5.74) is 0.165. The summed E-state index contributed by atoms with van der Waals surface area (Å²) in [4.78, 5) is 0. The van der Waals surface area contributed by atoms with Gasteiger partial charge in [-0.25, -0.2) is 0 Å². The van der Waals surface area contributed by atoms with E-state index in [2.05, 4.69) is 6.07 Å². The Labute approximate surface area is 94.5 Å². The van der Waals surface area contributed by atoms with Gasteiger partial charge in [0.2, 0.25) is 0 Å². The molecule has 1 unspecified atom stereocenters. The van der Waals surface area contributed by atoms with Gasteiger partial charge < -0.3 is 0 Å². The van der Waals surface area contributed by atoms with Gasteiger partial charge in [0.15, 0.2) is 0 Å². The molecule has 15 heavy (non-hydrogen) atoms. The number of hydrogen-bond donors (Lipinski definition) is 0. The number of nitrogens with zero attached hydrogens (tertiary/aromatic N) is 1. The molecule has 1 atom stereocenters. The molecule has 2 nitrogen and oxygen atoms in total. The van der Waals surface area contributed by atoms with E-state index in [-0.39, 0.29) is 5.41 Å². The molecule has 0 radical (unpaired) electrons. The normalized spacial score (nSPS) is 26.1. The van der Waals surface area contributed by atoms with Crippen LogP contribution in [-0.4, -0.2) is 15.7 Å². The van der Waals surface area contributed by atoms with E-state index in [9.17, 15) is 4.21 Å². The van der Waals surface area contributed by atoms with E-state index in [1.54, 1.807) is 0 Å². The van der Waals surface area contributed by atoms with E-state index in [0.717, 1.165) is 24.3 Å². The van der Waals surface area contributed by atoms with Crippen molar-refractivity contribution in [2.24, 2.45) is 11.3 Å². The molecule has 0 aromatic heterocycles. The molecule has 0 aromatic rings. The summed E-state index contributed by atoms with van der Waals surface area (Å²) in [6.45, 7) is 0. The molecule has 0 heterocycles. The Hall–Kier alpha value is -0.360. The van der Waals surface area contributed by atoms with Crippen molar-refractivity contribution in [1.29, 1.82) is 5.26 Å². The Morgan fingerprint density at radius 3 is 2.53 bits per heavy atom. The van der Waals surface area contributed by atoms with Gasteiger partial charge in [-0.2, -0.15) is 5.26 Å². The number of nitriles is 1. The van der Waals surface area contributed by atoms with Crippen molar-refractivity contribution in [2.75, 3.05) is 11.5 Å². The van der Waals surface area contributed by atoms with Gasteiger partial charge in [0.25, 0.3) is 0 Å². The molecule has 0 N–H and O–H groups in total. The lowest BCUT2D eigenvalue weighted by atomic mass is 10.1. The SMILES string of the molecule is N#CCC1(CS(=O)CC2CCCC2)CC1. The van der Waals surface area contributed by atoms with Crippen molar-refractivity contribution in [3.05, 3.63) is 0 Å². The van der Waals surface area contributed by atoms with Crippen molar-refractivity contribution in [3.63, 3.8) is 0 Å². The first-order valence-electron chi connectivity index (χ1n) is 5.96. The minimum Gasteiger partial charge on any atom is -0.260 e. The molecule has 2 rings (SSSR count). The molecular weight excluding hydrogens is 206 g/mol. The maximum absolute atomic E-state index is 11.9. The predicted molar refractivity (Wildman–Crippen MR) is 61.7 cm³/mol. The van der Waals surface area contributed by atoms with Gasteiger partial charge in [0.05, 0.1) is 6.07 Å². The third-order valence-corrected chi connectivity index (χ3v) is 5.55. The van der Waals surface area contributed by atoms with Crippen LogP contribution in [0, 0.1) is 22.7 Å². The highest BCUT2D eigenvalue weighted by Crippen LogP contribution is 2.49. The first-order valence-corrected chi connectivity index (χ1v) is 7.45. The monoisotopic (exact) mass is 225 g/mol. The Morgan fingerprint density at radius 2 is 2.00 bits per heavy atom. The summed E-state index contributed by atoms with van der Waals surface area (Å²) < 4.78 is 11.9. The van der Waals surface area contributed by atoms with E-state index in [1.807, 2.05) is 0 Å². The van der Waals surface area contributed by atoms with E-state index >= 15 is 0 Å². The second-order valence-corrected chi connectivity index (χ2v) is 6.74. The summed E-state index contributed by atoms with van der Waals surface area (Å²) in [5, 5.41) is 8.69. The molecule has 2 aliphatic rings. The Morgan fingerprint density at radius 1 is 1.33 bits per heavy atom. The quantitative estimate of drug-likeness (QED) is 0.721. The highest BCUT2D eigenvalue weighted by atomic mass is 32.2. The van der Waals surface area contributed by atoms with Crippen molar-refractivity contribution in [3.8, 4) is 6.07 Å². The van der Waals surface area contributed by atoms with Crippen LogP contribution >= 0.6 is 0 Å². The van der Waals surface area contributed by atoms with Gasteiger partial charge in [-0.3, -0.25) is 4.21 Å². The lowest BCUT2D eigenvalue weighted by Crippen LogP contribution is -2.17. The van der Waals surface area contributed by atoms with Gasteiger partial charge >= 0.3 is 0 Å². The third kappa shape index (κ3) is 3.04. The van der Waals surface area contributed by atoms with Gasteiger partial charge in [-0.15, -0.1) is 0 Å². The topological polar surface area (TPSA) is 40.9 Å². The second kappa shape index (κ2) is 4.65. The molecule has 0 bridgehead atoms. The molecule has 2 aliphatic carbocycles.